The van der Waals surface area contributed by atoms with Crippen LogP contribution in [0.3, 0.4) is 0 Å². The Hall–Kier alpha value is 0.428. The normalized spacial score (nSPS) is 8.75. The van der Waals surface area contributed by atoms with E-state index < -0.39 is 0 Å². The van der Waals surface area contributed by atoms with Crippen LogP contribution in [-0.2, 0) is 86.5 Å². The molecule has 0 saturated carbocycles. The Morgan fingerprint density at radius 2 is 0.344 bits per heavy atom. The first-order valence-corrected chi connectivity index (χ1v) is 37.5. The molecule has 0 N–H and O–H groups in total. The van der Waals surface area contributed by atoms with E-state index in [0.29, 0.717) is 0 Å². The first-order valence-electron chi connectivity index (χ1n) is 29.5. The molecule has 0 radical (unpaired) electrons. The Morgan fingerprint density at radius 3 is 0.375 bits per heavy atom. The van der Waals surface area contributed by atoms with Crippen molar-refractivity contribution < 1.29 is 208 Å². The maximum absolute atomic E-state index is 7.50. The van der Waals surface area contributed by atoms with Gasteiger partial charge in [-0.15, -0.1) is 0 Å². The molecule has 0 aliphatic heterocycles. The van der Waals surface area contributed by atoms with Crippen molar-refractivity contribution in [2.24, 2.45) is 0 Å². The fourth-order valence-electron chi connectivity index (χ4n) is 9.49. The molecule has 10 aromatic rings. The summed E-state index contributed by atoms with van der Waals surface area (Å²) >= 11 is 0. The maximum atomic E-state index is 7.50. The van der Waals surface area contributed by atoms with E-state index in [2.05, 4.69) is 241 Å². The Bertz CT molecular complexity index is 2460. The predicted molar refractivity (Wildman–Crippen MR) is 395 cm³/mol. The number of hydrogen-bond acceptors (Lipinski definition) is 0. The zero-order valence-corrected chi connectivity index (χ0v) is 81.2. The largest absolute Gasteiger partial charge is 2.00 e. The fraction of sp³-hybridized carbons (Fsp3) is 0.375. The van der Waals surface area contributed by atoms with Gasteiger partial charge in [0.25, 0.3) is 0 Å². The molecular weight excluding hydrogens is 1930 g/mol. The summed E-state index contributed by atoms with van der Waals surface area (Å²) in [6, 6.07) is 30.0. The summed E-state index contributed by atoms with van der Waals surface area (Å²) in [4.78, 5) is 0. The van der Waals surface area contributed by atoms with E-state index in [4.69, 9.17) is 23.3 Å². The van der Waals surface area contributed by atoms with Crippen LogP contribution in [0.25, 0.3) is 0 Å². The van der Waals surface area contributed by atoms with Gasteiger partial charge in [-0.25, -0.2) is 51.5 Å². The predicted octanol–water partition coefficient (Wildman–Crippen LogP) is 26.0. The molecule has 10 rings (SSSR count). The van der Waals surface area contributed by atoms with E-state index >= 15 is 0 Å². The molecule has 0 aliphatic carbocycles. The van der Waals surface area contributed by atoms with Crippen molar-refractivity contribution in [1.29, 1.82) is 0 Å². The van der Waals surface area contributed by atoms with E-state index in [0.717, 1.165) is 0 Å². The molecule has 1 aromatic heterocycles. The van der Waals surface area contributed by atoms with Gasteiger partial charge in [0.15, 0.2) is 0 Å². The van der Waals surface area contributed by atoms with E-state index in [-0.39, 0.29) is 184 Å². The smallest absolute Gasteiger partial charge is 0.239 e. The molecule has 9 aromatic carbocycles. The van der Waals surface area contributed by atoms with Gasteiger partial charge < -0.3 is 0 Å². The van der Waals surface area contributed by atoms with Crippen molar-refractivity contribution in [1.82, 2.24) is 0 Å². The molecule has 5 nitrogen and oxygen atoms in total. The molecule has 524 valence electrons. The van der Waals surface area contributed by atoms with Crippen LogP contribution >= 0.6 is 37.7 Å². The Morgan fingerprint density at radius 1 is 0.250 bits per heavy atom. The molecule has 0 bridgehead atoms. The maximum Gasteiger partial charge on any atom is 2.00 e. The summed E-state index contributed by atoms with van der Waals surface area (Å²) in [5.74, 6) is 0. The van der Waals surface area contributed by atoms with E-state index in [1.807, 2.05) is 91.0 Å². The van der Waals surface area contributed by atoms with Gasteiger partial charge in [-0.2, -0.15) is 244 Å². The molecule has 1 heterocycles. The van der Waals surface area contributed by atoms with E-state index in [1.165, 1.54) is 167 Å². The topological polar surface area (TPSA) is 99.5 Å². The second-order valence-electron chi connectivity index (χ2n) is 22.1. The van der Waals surface area contributed by atoms with Crippen LogP contribution in [0.5, 0.6) is 0 Å². The summed E-state index contributed by atoms with van der Waals surface area (Å²) < 4.78 is 37.5. The van der Waals surface area contributed by atoms with Gasteiger partial charge in [-0.3, -0.25) is 0 Å². The second-order valence-corrected chi connectivity index (χ2v) is 33.7. The molecule has 0 atom stereocenters. The fourth-order valence-corrected chi connectivity index (χ4v) is 31.1. The minimum Gasteiger partial charge on any atom is -0.239 e. The van der Waals surface area contributed by atoms with Gasteiger partial charge in [0.05, 0.1) is 0 Å². The first-order chi connectivity index (χ1) is 42.3. The van der Waals surface area contributed by atoms with Gasteiger partial charge in [0, 0.05) is 163 Å². The van der Waals surface area contributed by atoms with E-state index in [1.54, 1.807) is 37.7 Å². The van der Waals surface area contributed by atoms with Crippen molar-refractivity contribution in [2.75, 3.05) is 0 Å². The van der Waals surface area contributed by atoms with E-state index in [9.17, 15) is 0 Å². The van der Waals surface area contributed by atoms with Crippen LogP contribution in [0.4, 0.5) is 0 Å². The van der Waals surface area contributed by atoms with Gasteiger partial charge in [0.1, 0.15) is 0 Å². The minimum absolute atomic E-state index is 0. The van der Waals surface area contributed by atoms with Gasteiger partial charge >= 0.3 is 77.6 Å². The molecule has 96 heavy (non-hydrogen) atoms. The molecule has 0 aliphatic rings. The van der Waals surface area contributed by atoms with Crippen LogP contribution in [-0.4, -0.2) is 0 Å². The summed E-state index contributed by atoms with van der Waals surface area (Å²) in [7, 11) is 8.06. The van der Waals surface area contributed by atoms with Crippen molar-refractivity contribution in [3.8, 4) is 0 Å². The number of rotatable bonds is 0. The quantitative estimate of drug-likeness (QED) is 0.0821. The third kappa shape index (κ3) is 41.8. The Balaban J connectivity index is -0.0000000917. The number of hydrogen-bond donors (Lipinski definition) is 0. The molecule has 0 amide bonds. The second kappa shape index (κ2) is 69.8. The monoisotopic (exact) mass is 2050 g/mol. The molecule has 0 fully saturated rings. The third-order valence-corrected chi connectivity index (χ3v) is 34.7. The van der Waals surface area contributed by atoms with Gasteiger partial charge in [0.2, 0.25) is 0 Å². The average molecular weight is 2040 g/mol. The van der Waals surface area contributed by atoms with Gasteiger partial charge in [-0.05, 0) is 0 Å². The summed E-state index contributed by atoms with van der Waals surface area (Å²) in [5, 5.41) is 0. The molecule has 16 heteroatoms. The summed E-state index contributed by atoms with van der Waals surface area (Å²) in [6.45, 7) is 88.5. The Kier molecular flexibility index (Phi) is 87.5. The van der Waals surface area contributed by atoms with Crippen LogP contribution in [0.15, 0.2) is 91.0 Å². The summed E-state index contributed by atoms with van der Waals surface area (Å²) in [6.07, 6.45) is 0. The zero-order valence-electron chi connectivity index (χ0n) is 62.9. The molecule has 0 spiro atoms. The first kappa shape index (κ1) is 120. The van der Waals surface area contributed by atoms with Crippen LogP contribution in [0.1, 0.15) is 167 Å². The zero-order chi connectivity index (χ0) is 71.5. The average Bonchev–Trinajstić information content (AvgIpc) is 1.77. The van der Waals surface area contributed by atoms with Crippen molar-refractivity contribution in [2.45, 2.75) is 208 Å². The van der Waals surface area contributed by atoms with Gasteiger partial charge in [-0.1, -0.05) is 208 Å². The molecule has 0 unspecified atom stereocenters. The van der Waals surface area contributed by atoms with Crippen LogP contribution < -0.4 is 0 Å². The van der Waals surface area contributed by atoms with Crippen LogP contribution in [0, 0.1) is 362 Å². The van der Waals surface area contributed by atoms with Crippen molar-refractivity contribution in [3.05, 3.63) is 291 Å². The molecular formula is C80H105Mo3O5P5Sm3-8. The standard InChI is InChI=1S/6C10H15.3C5H5.5CO.3Mo.P5.3Sm/c6*1-6-7(2)9(4)10(5)8(6)3;3*1-2-4-5-3-1;5*1-2;;;;1-2-4-5-3-1;;;/h6*1-5H3;3*1-5H;;;;;;;;;;;;/q9*-1;;;;;;;;+2;-1;;;. The van der Waals surface area contributed by atoms with Crippen molar-refractivity contribution in [3.63, 3.8) is 0 Å². The molecule has 0 saturated heterocycles. The van der Waals surface area contributed by atoms with Crippen LogP contribution in [0.2, 0.25) is 0 Å². The summed E-state index contributed by atoms with van der Waals surface area (Å²) in [5.41, 5.74) is 44.0. The Labute approximate surface area is 733 Å². The SMILES string of the molecule is Cc1c(C)c(C)[c-](C)c1C.Cc1c(C)c(C)[c-](C)c1C.Cc1c(C)c(C)[c-](C)c1C.Cc1c(C)c(C)[c-](C)c1C.Cc1c(C)c(C)[c-](C)c1C.Cc1c(C)c(C)[c-](C)c1C.[C-]#[O+].[C-]#[O+].[C-]#[O+].[C-]#[O+].[C-]#[O+].[Mo+2].[Mo].[Mo].[Sm].[Sm].[Sm].c1cc[cH-]c1.c1cc[cH-]c1.c1cc[cH-]c1.p1pp[p-]p1. The third-order valence-electron chi connectivity index (χ3n) is 18.7. The minimum atomic E-state index is 0. The van der Waals surface area contributed by atoms with Crippen molar-refractivity contribution >= 4 is 37.7 Å².